The van der Waals surface area contributed by atoms with Crippen molar-refractivity contribution < 1.29 is 23.6 Å². The Balaban J connectivity index is 2.01. The van der Waals surface area contributed by atoms with Gasteiger partial charge in [0.25, 0.3) is 5.91 Å². The van der Waals surface area contributed by atoms with Gasteiger partial charge in [-0.2, -0.15) is 0 Å². The molecule has 1 heterocycles. The molecule has 0 spiro atoms. The second-order valence-electron chi connectivity index (χ2n) is 8.68. The van der Waals surface area contributed by atoms with E-state index in [0.717, 1.165) is 4.47 Å². The first-order valence-electron chi connectivity index (χ1n) is 11.4. The number of nitrogens with zero attached hydrogens (tertiary/aromatic N) is 1. The first kappa shape index (κ1) is 28.2. The highest BCUT2D eigenvalue weighted by Gasteiger charge is 2.42. The van der Waals surface area contributed by atoms with Crippen LogP contribution in [0.25, 0.3) is 0 Å². The molecule has 1 aliphatic rings. The van der Waals surface area contributed by atoms with E-state index in [0.29, 0.717) is 31.5 Å². The van der Waals surface area contributed by atoms with Crippen LogP contribution < -0.4 is 21.7 Å². The molecule has 1 aromatic rings. The number of halogens is 2. The minimum atomic E-state index is -1.23. The van der Waals surface area contributed by atoms with Crippen LogP contribution in [0.15, 0.2) is 28.7 Å². The molecule has 3 amide bonds. The maximum absolute atomic E-state index is 13.2. The van der Waals surface area contributed by atoms with Gasteiger partial charge in [-0.05, 0) is 49.4 Å². The van der Waals surface area contributed by atoms with E-state index in [-0.39, 0.29) is 18.3 Å². The Hall–Kier alpha value is -3.02. The van der Waals surface area contributed by atoms with Crippen molar-refractivity contribution in [2.45, 2.75) is 51.2 Å². The van der Waals surface area contributed by atoms with E-state index < -0.39 is 48.3 Å². The number of hydrogen-bond acceptors (Lipinski definition) is 5. The van der Waals surface area contributed by atoms with Crippen molar-refractivity contribution in [3.05, 3.63) is 34.3 Å². The lowest BCUT2D eigenvalue weighted by atomic mass is 9.95. The van der Waals surface area contributed by atoms with Gasteiger partial charge < -0.3 is 26.6 Å². The molecule has 3 atom stereocenters. The molecule has 1 fully saturated rings. The van der Waals surface area contributed by atoms with Crippen LogP contribution in [-0.4, -0.2) is 72.3 Å². The fourth-order valence-corrected chi connectivity index (χ4v) is 3.91. The van der Waals surface area contributed by atoms with Gasteiger partial charge in [-0.3, -0.25) is 24.6 Å². The van der Waals surface area contributed by atoms with Crippen molar-refractivity contribution in [1.82, 2.24) is 20.9 Å². The summed E-state index contributed by atoms with van der Waals surface area (Å²) in [4.78, 5) is 52.1. The van der Waals surface area contributed by atoms with Crippen molar-refractivity contribution in [1.29, 1.82) is 5.41 Å². The average Bonchev–Trinajstić information content (AvgIpc) is 2.77. The molecule has 0 radical (unpaired) electrons. The van der Waals surface area contributed by atoms with Crippen molar-refractivity contribution in [3.8, 4) is 0 Å². The molecule has 10 nitrogen and oxygen atoms in total. The first-order valence-corrected chi connectivity index (χ1v) is 12.2. The van der Waals surface area contributed by atoms with Gasteiger partial charge in [-0.15, -0.1) is 0 Å². The van der Waals surface area contributed by atoms with E-state index >= 15 is 0 Å². The molecular weight excluding hydrogens is 523 g/mol. The highest BCUT2D eigenvalue weighted by molar-refractivity contribution is 9.10. The topological polar surface area (TPSA) is 157 Å². The predicted molar refractivity (Wildman–Crippen MR) is 132 cm³/mol. The highest BCUT2D eigenvalue weighted by Crippen LogP contribution is 2.22. The molecule has 1 unspecified atom stereocenters. The molecule has 6 N–H and O–H groups in total. The number of carbonyl (C=O) groups excluding carboxylic acids is 4. The molecule has 35 heavy (non-hydrogen) atoms. The predicted octanol–water partition coefficient (Wildman–Crippen LogP) is 1.09. The van der Waals surface area contributed by atoms with E-state index in [1.54, 1.807) is 38.1 Å². The van der Waals surface area contributed by atoms with E-state index in [1.807, 2.05) is 0 Å². The third-order valence-electron chi connectivity index (χ3n) is 5.75. The van der Waals surface area contributed by atoms with E-state index in [1.165, 1.54) is 4.90 Å². The number of amides is 3. The molecule has 1 aromatic carbocycles. The fraction of sp³-hybridized carbons (Fsp3) is 0.522. The highest BCUT2D eigenvalue weighted by atomic mass is 79.9. The van der Waals surface area contributed by atoms with Gasteiger partial charge in [0.05, 0.1) is 6.04 Å². The minimum Gasteiger partial charge on any atom is -0.370 e. The zero-order valence-corrected chi connectivity index (χ0v) is 21.4. The lowest BCUT2D eigenvalue weighted by molar-refractivity contribution is -0.150. The molecular formula is C23H32BrFN6O4. The van der Waals surface area contributed by atoms with Gasteiger partial charge in [0.15, 0.2) is 11.7 Å². The third-order valence-corrected chi connectivity index (χ3v) is 6.28. The standard InChI is InChI=1S/C23H32BrFN6O4/c1-13(2)19(30-20(33)14-5-7-15(24)8-6-14)22(35)31-11-9-17(31)21(34)29-16(18(32)12-25)4-3-10-28-23(26)27/h5-8,13,16-17,19H,3-4,9-12H2,1-2H3,(H,29,34)(H,30,33)(H4,26,27,28)/t16-,17-,19?/m0/s1. The Morgan fingerprint density at radius 2 is 1.86 bits per heavy atom. The Labute approximate surface area is 212 Å². The van der Waals surface area contributed by atoms with Crippen molar-refractivity contribution in [3.63, 3.8) is 0 Å². The van der Waals surface area contributed by atoms with E-state index in [4.69, 9.17) is 11.1 Å². The van der Waals surface area contributed by atoms with Crippen LogP contribution in [0.3, 0.4) is 0 Å². The number of hydrogen-bond donors (Lipinski definition) is 5. The van der Waals surface area contributed by atoms with Crippen molar-refractivity contribution in [2.24, 2.45) is 11.7 Å². The van der Waals surface area contributed by atoms with E-state index in [2.05, 4.69) is 31.9 Å². The van der Waals surface area contributed by atoms with Crippen LogP contribution >= 0.6 is 15.9 Å². The Kier molecular flexibility index (Phi) is 10.6. The zero-order valence-electron chi connectivity index (χ0n) is 19.8. The number of nitrogens with two attached hydrogens (primary N) is 1. The maximum Gasteiger partial charge on any atom is 0.251 e. The third kappa shape index (κ3) is 8.01. The largest absolute Gasteiger partial charge is 0.370 e. The van der Waals surface area contributed by atoms with Crippen LogP contribution in [-0.2, 0) is 14.4 Å². The Morgan fingerprint density at radius 3 is 2.37 bits per heavy atom. The van der Waals surface area contributed by atoms with Crippen LogP contribution in [0.5, 0.6) is 0 Å². The smallest absolute Gasteiger partial charge is 0.251 e. The number of guanidine groups is 1. The number of likely N-dealkylation sites (tertiary alicyclic amines) is 1. The summed E-state index contributed by atoms with van der Waals surface area (Å²) in [7, 11) is 0. The molecule has 0 aromatic heterocycles. The molecule has 0 saturated carbocycles. The van der Waals surface area contributed by atoms with Crippen LogP contribution in [0, 0.1) is 11.3 Å². The quantitative estimate of drug-likeness (QED) is 0.148. The van der Waals surface area contributed by atoms with Gasteiger partial charge in [0, 0.05) is 23.1 Å². The normalized spacial score (nSPS) is 16.6. The molecule has 1 aliphatic heterocycles. The number of nitrogens with one attached hydrogen (secondary N) is 4. The summed E-state index contributed by atoms with van der Waals surface area (Å²) in [5.41, 5.74) is 5.61. The number of benzene rings is 1. The monoisotopic (exact) mass is 554 g/mol. The molecule has 0 bridgehead atoms. The van der Waals surface area contributed by atoms with E-state index in [9.17, 15) is 23.6 Å². The summed E-state index contributed by atoms with van der Waals surface area (Å²) in [6.07, 6.45) is 0.930. The van der Waals surface area contributed by atoms with Crippen LogP contribution in [0.1, 0.15) is 43.5 Å². The Morgan fingerprint density at radius 1 is 1.20 bits per heavy atom. The number of ketones is 1. The molecule has 2 rings (SSSR count). The SMILES string of the molecule is CC(C)C(NC(=O)c1ccc(Br)cc1)C(=O)N1CC[C@H]1C(=O)N[C@@H](CCCNC(=N)N)C(=O)CF. The summed E-state index contributed by atoms with van der Waals surface area (Å²) in [5.74, 6) is -2.56. The lowest BCUT2D eigenvalue weighted by Gasteiger charge is -2.42. The number of rotatable bonds is 12. The van der Waals surface area contributed by atoms with Gasteiger partial charge in [0.1, 0.15) is 18.8 Å². The van der Waals surface area contributed by atoms with Gasteiger partial charge in [-0.1, -0.05) is 29.8 Å². The minimum absolute atomic E-state index is 0.160. The second kappa shape index (κ2) is 13.2. The number of carbonyl (C=O) groups is 4. The van der Waals surface area contributed by atoms with Crippen LogP contribution in [0.2, 0.25) is 0 Å². The number of alkyl halides is 1. The molecule has 192 valence electrons. The fourth-order valence-electron chi connectivity index (χ4n) is 3.65. The van der Waals surface area contributed by atoms with Gasteiger partial charge in [-0.25, -0.2) is 4.39 Å². The molecule has 0 aliphatic carbocycles. The molecule has 12 heteroatoms. The summed E-state index contributed by atoms with van der Waals surface area (Å²) in [6.45, 7) is 2.99. The van der Waals surface area contributed by atoms with Gasteiger partial charge >= 0.3 is 0 Å². The second-order valence-corrected chi connectivity index (χ2v) is 9.60. The summed E-state index contributed by atoms with van der Waals surface area (Å²) in [5, 5.41) is 15.0. The van der Waals surface area contributed by atoms with Gasteiger partial charge in [0.2, 0.25) is 11.8 Å². The summed E-state index contributed by atoms with van der Waals surface area (Å²) >= 11 is 3.31. The Bertz CT molecular complexity index is 942. The molecule has 1 saturated heterocycles. The zero-order chi connectivity index (χ0) is 26.1. The van der Waals surface area contributed by atoms with Crippen molar-refractivity contribution >= 4 is 45.4 Å². The van der Waals surface area contributed by atoms with Crippen molar-refractivity contribution in [2.75, 3.05) is 19.8 Å². The summed E-state index contributed by atoms with van der Waals surface area (Å²) < 4.78 is 13.8. The lowest BCUT2D eigenvalue weighted by Crippen LogP contribution is -2.64. The maximum atomic E-state index is 13.2. The number of Topliss-reactive ketones (excluding diaryl/α,β-unsaturated/α-hetero) is 1. The summed E-state index contributed by atoms with van der Waals surface area (Å²) in [6, 6.07) is 4.02. The first-order chi connectivity index (χ1) is 16.5. The average molecular weight is 555 g/mol. The van der Waals surface area contributed by atoms with Crippen LogP contribution in [0.4, 0.5) is 4.39 Å².